The molecule has 0 heterocycles. The summed E-state index contributed by atoms with van der Waals surface area (Å²) in [6.07, 6.45) is 1.39. The summed E-state index contributed by atoms with van der Waals surface area (Å²) in [6.45, 7) is 0. The average Bonchev–Trinajstić information content (AvgIpc) is 1.84. The summed E-state index contributed by atoms with van der Waals surface area (Å²) >= 11 is 16.9. The highest BCUT2D eigenvalue weighted by molar-refractivity contribution is 6.48. The van der Waals surface area contributed by atoms with E-state index in [-0.39, 0.29) is 0 Å². The fourth-order valence-corrected chi connectivity index (χ4v) is 1.40. The second-order valence-corrected chi connectivity index (χ2v) is 3.97. The minimum atomic E-state index is -0.808. The van der Waals surface area contributed by atoms with Gasteiger partial charge in [-0.15, -0.1) is 34.8 Å². The van der Waals surface area contributed by atoms with Gasteiger partial charge in [0.25, 0.3) is 0 Å². The molecule has 0 atom stereocenters. The second kappa shape index (κ2) is 5.07. The van der Waals surface area contributed by atoms with Gasteiger partial charge in [0.1, 0.15) is 4.33 Å². The number of hydrogen-bond acceptors (Lipinski definition) is 1. The van der Waals surface area contributed by atoms with Gasteiger partial charge in [-0.25, -0.2) is 0 Å². The summed E-state index contributed by atoms with van der Waals surface area (Å²) in [4.78, 5) is 0. The molecule has 0 unspecified atom stereocenters. The van der Waals surface area contributed by atoms with E-state index in [9.17, 15) is 0 Å². The van der Waals surface area contributed by atoms with Crippen LogP contribution in [-0.4, -0.2) is 10.2 Å². The zero-order valence-electron chi connectivity index (χ0n) is 5.41. The third-order valence-electron chi connectivity index (χ3n) is 1.06. The van der Waals surface area contributed by atoms with Crippen LogP contribution in [0.15, 0.2) is 0 Å². The summed E-state index contributed by atoms with van der Waals surface area (Å²) in [5.74, 6) is 0.429. The molecule has 1 nitrogen and oxygen atoms in total. The minimum absolute atomic E-state index is 0.379. The largest absolute Gasteiger partial charge is 0.198 e. The van der Waals surface area contributed by atoms with Crippen molar-refractivity contribution < 1.29 is 0 Å². The third-order valence-corrected chi connectivity index (χ3v) is 2.01. The molecule has 58 valence electrons. The smallest absolute Gasteiger partial charge is 0.120 e. The van der Waals surface area contributed by atoms with Gasteiger partial charge in [0.2, 0.25) is 0 Å². The van der Waals surface area contributed by atoms with Crippen LogP contribution in [0.25, 0.3) is 0 Å². The molecule has 0 aromatic heterocycles. The molecule has 4 heteroatoms. The van der Waals surface area contributed by atoms with Crippen molar-refractivity contribution >= 4 is 34.8 Å². The van der Waals surface area contributed by atoms with E-state index >= 15 is 0 Å². The van der Waals surface area contributed by atoms with Crippen molar-refractivity contribution in [2.45, 2.75) is 23.6 Å². The van der Waals surface area contributed by atoms with E-state index in [4.69, 9.17) is 40.1 Å². The van der Waals surface area contributed by atoms with Crippen LogP contribution in [0.1, 0.15) is 19.3 Å². The summed E-state index contributed by atoms with van der Waals surface area (Å²) < 4.78 is -0.808. The van der Waals surface area contributed by atoms with Crippen molar-refractivity contribution in [1.29, 1.82) is 5.26 Å². The Balaban J connectivity index is 3.54. The van der Waals surface area contributed by atoms with Crippen LogP contribution in [0.2, 0.25) is 0 Å². The lowest BCUT2D eigenvalue weighted by molar-refractivity contribution is 0.687. The van der Waals surface area contributed by atoms with Crippen molar-refractivity contribution in [3.8, 4) is 6.07 Å². The molecule has 0 bridgehead atoms. The zero-order chi connectivity index (χ0) is 8.04. The first-order chi connectivity index (χ1) is 4.62. The van der Waals surface area contributed by atoms with Gasteiger partial charge >= 0.3 is 0 Å². The van der Waals surface area contributed by atoms with Gasteiger partial charge in [-0.1, -0.05) is 0 Å². The maximum atomic E-state index is 8.20. The monoisotopic (exact) mass is 199 g/mol. The van der Waals surface area contributed by atoms with Gasteiger partial charge in [-0.3, -0.25) is 0 Å². The molecular formula is C6H8Cl3N. The number of nitriles is 1. The number of nitrogens with zero attached hydrogens (tertiary/aromatic N) is 1. The molecule has 0 amide bonds. The van der Waals surface area contributed by atoms with Crippen LogP contribution >= 0.6 is 34.8 Å². The molecule has 0 aliphatic carbocycles. The first-order valence-corrected chi connectivity index (χ1v) is 4.22. The minimum Gasteiger partial charge on any atom is -0.198 e. The van der Waals surface area contributed by atoms with E-state index in [2.05, 4.69) is 0 Å². The molecule has 0 fully saturated rings. The summed E-state index contributed by atoms with van der Waals surface area (Å²) in [5.41, 5.74) is 0. The fraction of sp³-hybridized carbons (Fsp3) is 0.833. The molecule has 0 saturated carbocycles. The number of hydrogen-bond donors (Lipinski definition) is 0. The lowest BCUT2D eigenvalue weighted by Crippen LogP contribution is -2.12. The Labute approximate surface area is 75.9 Å². The van der Waals surface area contributed by atoms with Gasteiger partial charge in [-0.05, 0) is 12.8 Å². The van der Waals surface area contributed by atoms with Gasteiger partial charge < -0.3 is 0 Å². The van der Waals surface area contributed by atoms with Crippen LogP contribution in [0, 0.1) is 11.3 Å². The molecule has 0 aromatic rings. The highest BCUT2D eigenvalue weighted by atomic mass is 35.5. The molecule has 0 aliphatic rings. The Kier molecular flexibility index (Phi) is 5.25. The predicted octanol–water partition coefficient (Wildman–Crippen LogP) is 3.09. The van der Waals surface area contributed by atoms with E-state index in [1.807, 2.05) is 6.07 Å². The molecule has 0 N–H and O–H groups in total. The van der Waals surface area contributed by atoms with Crippen LogP contribution < -0.4 is 0 Å². The molecule has 0 aliphatic heterocycles. The SMILES string of the molecule is N#CCCC(Cl)(Cl)CCCl. The number of rotatable bonds is 4. The summed E-state index contributed by atoms with van der Waals surface area (Å²) in [7, 11) is 0. The molecule has 0 aromatic carbocycles. The maximum absolute atomic E-state index is 8.20. The lowest BCUT2D eigenvalue weighted by Gasteiger charge is -2.15. The molecule has 0 spiro atoms. The van der Waals surface area contributed by atoms with E-state index in [0.29, 0.717) is 25.1 Å². The van der Waals surface area contributed by atoms with Crippen LogP contribution in [0.4, 0.5) is 0 Å². The Morgan fingerprint density at radius 3 is 2.30 bits per heavy atom. The van der Waals surface area contributed by atoms with Crippen molar-refractivity contribution in [2.75, 3.05) is 5.88 Å². The summed E-state index contributed by atoms with van der Waals surface area (Å²) in [6, 6.07) is 1.97. The maximum Gasteiger partial charge on any atom is 0.120 e. The van der Waals surface area contributed by atoms with E-state index in [1.54, 1.807) is 0 Å². The molecule has 0 radical (unpaired) electrons. The first-order valence-electron chi connectivity index (χ1n) is 2.93. The van der Waals surface area contributed by atoms with Gasteiger partial charge in [-0.2, -0.15) is 5.26 Å². The second-order valence-electron chi connectivity index (χ2n) is 1.95. The van der Waals surface area contributed by atoms with Crippen molar-refractivity contribution in [2.24, 2.45) is 0 Å². The molecular weight excluding hydrogens is 192 g/mol. The highest BCUT2D eigenvalue weighted by Gasteiger charge is 2.21. The van der Waals surface area contributed by atoms with Gasteiger partial charge in [0.15, 0.2) is 0 Å². The Morgan fingerprint density at radius 1 is 1.30 bits per heavy atom. The number of halogens is 3. The van der Waals surface area contributed by atoms with Crippen LogP contribution in [0.5, 0.6) is 0 Å². The Hall–Kier alpha value is 0.360. The van der Waals surface area contributed by atoms with Crippen LogP contribution in [-0.2, 0) is 0 Å². The van der Waals surface area contributed by atoms with Crippen molar-refractivity contribution in [1.82, 2.24) is 0 Å². The molecule has 10 heavy (non-hydrogen) atoms. The van der Waals surface area contributed by atoms with E-state index in [0.717, 1.165) is 0 Å². The van der Waals surface area contributed by atoms with E-state index in [1.165, 1.54) is 0 Å². The Morgan fingerprint density at radius 2 is 1.90 bits per heavy atom. The van der Waals surface area contributed by atoms with Crippen LogP contribution in [0.3, 0.4) is 0 Å². The quantitative estimate of drug-likeness (QED) is 0.640. The normalized spacial score (nSPS) is 11.0. The predicted molar refractivity (Wildman–Crippen MR) is 44.6 cm³/mol. The highest BCUT2D eigenvalue weighted by Crippen LogP contribution is 2.30. The Bertz CT molecular complexity index is 127. The average molecular weight is 200 g/mol. The van der Waals surface area contributed by atoms with E-state index < -0.39 is 4.33 Å². The van der Waals surface area contributed by atoms with Crippen molar-refractivity contribution in [3.63, 3.8) is 0 Å². The zero-order valence-corrected chi connectivity index (χ0v) is 7.68. The van der Waals surface area contributed by atoms with Gasteiger partial charge in [0.05, 0.1) is 6.07 Å². The fourth-order valence-electron chi connectivity index (χ4n) is 0.502. The molecule has 0 rings (SSSR count). The first kappa shape index (κ1) is 10.4. The van der Waals surface area contributed by atoms with Crippen molar-refractivity contribution in [3.05, 3.63) is 0 Å². The standard InChI is InChI=1S/C6H8Cl3N/c7-4-3-6(8,9)2-1-5-10/h1-4H2. The van der Waals surface area contributed by atoms with Gasteiger partial charge in [0, 0.05) is 12.3 Å². The summed E-state index contributed by atoms with van der Waals surface area (Å²) in [5, 5.41) is 8.20. The topological polar surface area (TPSA) is 23.8 Å². The molecule has 0 saturated heterocycles. The third kappa shape index (κ3) is 5.17. The number of alkyl halides is 3. The lowest BCUT2D eigenvalue weighted by atomic mass is 10.2.